The van der Waals surface area contributed by atoms with E-state index in [1.807, 2.05) is 60.7 Å². The van der Waals surface area contributed by atoms with Crippen molar-refractivity contribution in [1.82, 2.24) is 10.2 Å². The average molecular weight is 536 g/mol. The molecule has 8 nitrogen and oxygen atoms in total. The lowest BCUT2D eigenvalue weighted by Crippen LogP contribution is -2.57. The Labute approximate surface area is 226 Å². The number of carbonyl (C=O) groups excluding carboxylic acids is 2. The second kappa shape index (κ2) is 12.6. The van der Waals surface area contributed by atoms with Gasteiger partial charge in [0, 0.05) is 23.2 Å². The minimum Gasteiger partial charge on any atom is -0.480 e. The Hall–Kier alpha value is -3.88. The molecular weight excluding hydrogens is 506 g/mol. The molecule has 38 heavy (non-hydrogen) atoms. The molecule has 4 atom stereocenters. The third-order valence-corrected chi connectivity index (χ3v) is 6.84. The van der Waals surface area contributed by atoms with E-state index < -0.39 is 36.1 Å². The summed E-state index contributed by atoms with van der Waals surface area (Å²) < 4.78 is 5.99. The molecule has 3 aromatic rings. The third-order valence-electron chi connectivity index (χ3n) is 6.60. The molecular formula is C29H30ClN3O5. The zero-order valence-corrected chi connectivity index (χ0v) is 21.7. The van der Waals surface area contributed by atoms with Gasteiger partial charge in [0.15, 0.2) is 0 Å². The fourth-order valence-corrected chi connectivity index (χ4v) is 4.80. The highest BCUT2D eigenvalue weighted by Crippen LogP contribution is 2.32. The number of benzene rings is 3. The molecule has 0 saturated carbocycles. The maximum absolute atomic E-state index is 13.9. The first kappa shape index (κ1) is 27.2. The summed E-state index contributed by atoms with van der Waals surface area (Å²) in [4.78, 5) is 40.3. The van der Waals surface area contributed by atoms with Gasteiger partial charge in [0.2, 0.25) is 5.91 Å². The smallest absolute Gasteiger partial charge is 0.326 e. The predicted octanol–water partition coefficient (Wildman–Crippen LogP) is 4.90. The van der Waals surface area contributed by atoms with Crippen LogP contribution < -0.4 is 10.6 Å². The lowest BCUT2D eigenvalue weighted by atomic mass is 9.96. The topological polar surface area (TPSA) is 108 Å². The quantitative estimate of drug-likeness (QED) is 0.361. The van der Waals surface area contributed by atoms with E-state index in [2.05, 4.69) is 10.6 Å². The summed E-state index contributed by atoms with van der Waals surface area (Å²) in [5, 5.41) is 15.8. The van der Waals surface area contributed by atoms with Crippen LogP contribution in [0.2, 0.25) is 5.02 Å². The second-order valence-electron chi connectivity index (χ2n) is 9.28. The van der Waals surface area contributed by atoms with Gasteiger partial charge < -0.3 is 25.4 Å². The number of urea groups is 1. The van der Waals surface area contributed by atoms with Crippen LogP contribution in [0.4, 0.5) is 10.5 Å². The summed E-state index contributed by atoms with van der Waals surface area (Å²) in [6.07, 6.45) is -0.468. The van der Waals surface area contributed by atoms with Crippen LogP contribution >= 0.6 is 11.6 Å². The average Bonchev–Trinajstić information content (AvgIpc) is 3.37. The van der Waals surface area contributed by atoms with Crippen LogP contribution in [0, 0.1) is 0 Å². The minimum absolute atomic E-state index is 0.136. The highest BCUT2D eigenvalue weighted by molar-refractivity contribution is 6.30. The van der Waals surface area contributed by atoms with Gasteiger partial charge in [-0.1, -0.05) is 78.3 Å². The van der Waals surface area contributed by atoms with Crippen LogP contribution in [-0.2, 0) is 20.9 Å². The van der Waals surface area contributed by atoms with Gasteiger partial charge in [0.1, 0.15) is 12.1 Å². The van der Waals surface area contributed by atoms with Crippen LogP contribution in [0.15, 0.2) is 84.9 Å². The monoisotopic (exact) mass is 535 g/mol. The summed E-state index contributed by atoms with van der Waals surface area (Å²) in [6.45, 7) is 2.13. The molecule has 2 unspecified atom stereocenters. The number of halogens is 1. The summed E-state index contributed by atoms with van der Waals surface area (Å²) in [5.41, 5.74) is 2.32. The van der Waals surface area contributed by atoms with Crippen molar-refractivity contribution in [2.75, 3.05) is 11.9 Å². The van der Waals surface area contributed by atoms with Crippen molar-refractivity contribution in [2.24, 2.45) is 0 Å². The molecule has 1 fully saturated rings. The Balaban J connectivity index is 1.54. The number of carbonyl (C=O) groups is 3. The van der Waals surface area contributed by atoms with Gasteiger partial charge in [-0.25, -0.2) is 9.59 Å². The first-order chi connectivity index (χ1) is 18.3. The molecule has 1 heterocycles. The maximum atomic E-state index is 13.9. The molecule has 3 amide bonds. The molecule has 198 valence electrons. The van der Waals surface area contributed by atoms with Crippen molar-refractivity contribution < 1.29 is 24.2 Å². The van der Waals surface area contributed by atoms with Crippen LogP contribution in [0.5, 0.6) is 0 Å². The first-order valence-corrected chi connectivity index (χ1v) is 12.8. The number of likely N-dealkylation sites (tertiary alicyclic amines) is 1. The molecule has 4 rings (SSSR count). The van der Waals surface area contributed by atoms with E-state index in [0.717, 1.165) is 11.1 Å². The van der Waals surface area contributed by atoms with Crippen molar-refractivity contribution in [3.63, 3.8) is 0 Å². The number of rotatable bonds is 9. The third kappa shape index (κ3) is 6.90. The van der Waals surface area contributed by atoms with Gasteiger partial charge in [0.05, 0.1) is 12.7 Å². The minimum atomic E-state index is -1.13. The fourth-order valence-electron chi connectivity index (χ4n) is 4.61. The predicted molar refractivity (Wildman–Crippen MR) is 145 cm³/mol. The molecule has 1 saturated heterocycles. The van der Waals surface area contributed by atoms with Gasteiger partial charge >= 0.3 is 12.0 Å². The number of amides is 3. The van der Waals surface area contributed by atoms with Crippen molar-refractivity contribution in [2.45, 2.75) is 44.1 Å². The molecule has 0 aromatic heterocycles. The Bertz CT molecular complexity index is 1260. The summed E-state index contributed by atoms with van der Waals surface area (Å²) >= 11 is 6.02. The van der Waals surface area contributed by atoms with Crippen LogP contribution in [0.1, 0.15) is 30.4 Å². The number of aliphatic carboxylic acids is 1. The standard InChI is InChI=1S/C29H30ClN3O5/c1-19(38-18-20-9-4-2-5-10-20)26(32-29(37)31-24-14-8-13-23(30)16-24)27(34)33-17-22(15-25(33)28(35)36)21-11-6-3-7-12-21/h2-14,16,19,22,25-26H,15,17-18H2,1H3,(H,35,36)(H2,31,32,37)/t19?,22-,25-,26?/m1/s1. The molecule has 0 spiro atoms. The number of nitrogens with zero attached hydrogens (tertiary/aromatic N) is 1. The van der Waals surface area contributed by atoms with Gasteiger partial charge in [-0.05, 0) is 42.7 Å². The zero-order chi connectivity index (χ0) is 27.1. The van der Waals surface area contributed by atoms with Gasteiger partial charge in [0.25, 0.3) is 0 Å². The van der Waals surface area contributed by atoms with Gasteiger partial charge in [-0.15, -0.1) is 0 Å². The van der Waals surface area contributed by atoms with Gasteiger partial charge in [-0.2, -0.15) is 0 Å². The number of hydrogen-bond donors (Lipinski definition) is 3. The zero-order valence-electron chi connectivity index (χ0n) is 20.9. The van der Waals surface area contributed by atoms with Crippen LogP contribution in [0.25, 0.3) is 0 Å². The number of carboxylic acids is 1. The molecule has 1 aliphatic rings. The Morgan fingerprint density at radius 3 is 2.37 bits per heavy atom. The van der Waals surface area contributed by atoms with E-state index in [-0.39, 0.29) is 25.5 Å². The van der Waals surface area contributed by atoms with E-state index in [4.69, 9.17) is 16.3 Å². The number of ether oxygens (including phenoxy) is 1. The van der Waals surface area contributed by atoms with Crippen molar-refractivity contribution >= 4 is 35.2 Å². The Kier molecular flexibility index (Phi) is 8.99. The van der Waals surface area contributed by atoms with E-state index in [9.17, 15) is 19.5 Å². The van der Waals surface area contributed by atoms with Crippen molar-refractivity contribution in [1.29, 1.82) is 0 Å². The molecule has 1 aliphatic heterocycles. The van der Waals surface area contributed by atoms with E-state index in [0.29, 0.717) is 10.7 Å². The normalized spacial score (nSPS) is 18.4. The fraction of sp³-hybridized carbons (Fsp3) is 0.276. The Morgan fingerprint density at radius 1 is 1.03 bits per heavy atom. The molecule has 0 radical (unpaired) electrons. The van der Waals surface area contributed by atoms with Crippen LogP contribution in [0.3, 0.4) is 0 Å². The lowest BCUT2D eigenvalue weighted by molar-refractivity contribution is -0.150. The molecule has 3 N–H and O–H groups in total. The lowest BCUT2D eigenvalue weighted by Gasteiger charge is -2.30. The van der Waals surface area contributed by atoms with E-state index >= 15 is 0 Å². The number of carboxylic acid groups (broad SMARTS) is 1. The molecule has 3 aromatic carbocycles. The van der Waals surface area contributed by atoms with Crippen molar-refractivity contribution in [3.05, 3.63) is 101 Å². The molecule has 0 bridgehead atoms. The largest absolute Gasteiger partial charge is 0.480 e. The first-order valence-electron chi connectivity index (χ1n) is 12.4. The number of nitrogens with one attached hydrogen (secondary N) is 2. The molecule has 0 aliphatic carbocycles. The SMILES string of the molecule is CC(OCc1ccccc1)C(NC(=O)Nc1cccc(Cl)c1)C(=O)N1C[C@H](c2ccccc2)C[C@@H]1C(=O)O. The Morgan fingerprint density at radius 2 is 1.71 bits per heavy atom. The number of anilines is 1. The van der Waals surface area contributed by atoms with Crippen LogP contribution in [-0.4, -0.2) is 52.6 Å². The number of hydrogen-bond acceptors (Lipinski definition) is 4. The summed E-state index contributed by atoms with van der Waals surface area (Å²) in [6, 6.07) is 22.8. The summed E-state index contributed by atoms with van der Waals surface area (Å²) in [5.74, 6) is -1.74. The maximum Gasteiger partial charge on any atom is 0.326 e. The van der Waals surface area contributed by atoms with E-state index in [1.165, 1.54) is 4.90 Å². The van der Waals surface area contributed by atoms with Gasteiger partial charge in [-0.3, -0.25) is 4.79 Å². The highest BCUT2D eigenvalue weighted by atomic mass is 35.5. The second-order valence-corrected chi connectivity index (χ2v) is 9.71. The highest BCUT2D eigenvalue weighted by Gasteiger charge is 2.44. The molecule has 9 heteroatoms. The van der Waals surface area contributed by atoms with E-state index in [1.54, 1.807) is 31.2 Å². The van der Waals surface area contributed by atoms with Crippen molar-refractivity contribution in [3.8, 4) is 0 Å². The summed E-state index contributed by atoms with van der Waals surface area (Å²) in [7, 11) is 0.